The van der Waals surface area contributed by atoms with Crippen molar-refractivity contribution in [2.75, 3.05) is 13.1 Å². The fourth-order valence-electron chi connectivity index (χ4n) is 1.52. The molecule has 1 saturated heterocycles. The minimum atomic E-state index is -4.18. The highest BCUT2D eigenvalue weighted by molar-refractivity contribution is 7.97. The molecule has 6 heteroatoms. The zero-order chi connectivity index (χ0) is 10.6. The molecule has 0 aromatic heterocycles. The second-order valence-electron chi connectivity index (χ2n) is 3.31. The lowest BCUT2D eigenvalue weighted by Crippen LogP contribution is -2.31. The van der Waals surface area contributed by atoms with Gasteiger partial charge in [-0.25, -0.2) is 4.31 Å². The number of alkyl halides is 3. The van der Waals surface area contributed by atoms with E-state index in [0.717, 1.165) is 6.29 Å². The first-order valence-electron chi connectivity index (χ1n) is 4.45. The van der Waals surface area contributed by atoms with Crippen molar-refractivity contribution < 1.29 is 18.0 Å². The van der Waals surface area contributed by atoms with Crippen molar-refractivity contribution in [3.63, 3.8) is 0 Å². The predicted octanol–water partition coefficient (Wildman–Crippen LogP) is 2.46. The van der Waals surface area contributed by atoms with Gasteiger partial charge in [-0.3, -0.25) is 0 Å². The summed E-state index contributed by atoms with van der Waals surface area (Å²) in [5.41, 5.74) is -4.18. The summed E-state index contributed by atoms with van der Waals surface area (Å²) in [7, 11) is 0. The van der Waals surface area contributed by atoms with E-state index in [2.05, 4.69) is 0 Å². The number of nitrogens with zero attached hydrogens (tertiary/aromatic N) is 1. The molecule has 0 amide bonds. The third-order valence-electron chi connectivity index (χ3n) is 2.24. The van der Waals surface area contributed by atoms with Crippen LogP contribution in [-0.2, 0) is 4.79 Å². The van der Waals surface area contributed by atoms with E-state index in [9.17, 15) is 18.0 Å². The number of hydrogen-bond acceptors (Lipinski definition) is 3. The molecule has 1 aliphatic heterocycles. The van der Waals surface area contributed by atoms with Crippen LogP contribution in [0, 0.1) is 5.92 Å². The van der Waals surface area contributed by atoms with E-state index in [1.807, 2.05) is 0 Å². The first kappa shape index (κ1) is 11.8. The Bertz CT molecular complexity index is 190. The van der Waals surface area contributed by atoms with Gasteiger partial charge >= 0.3 is 5.51 Å². The second-order valence-corrected chi connectivity index (χ2v) is 4.47. The number of piperidine rings is 1. The largest absolute Gasteiger partial charge is 0.456 e. The molecule has 0 unspecified atom stereocenters. The molecule has 0 atom stereocenters. The average Bonchev–Trinajstić information content (AvgIpc) is 2.06. The summed E-state index contributed by atoms with van der Waals surface area (Å²) in [4.78, 5) is 10.2. The maximum absolute atomic E-state index is 12.0. The van der Waals surface area contributed by atoms with E-state index in [-0.39, 0.29) is 17.9 Å². The van der Waals surface area contributed by atoms with E-state index in [1.165, 1.54) is 4.31 Å². The van der Waals surface area contributed by atoms with Gasteiger partial charge in [-0.15, -0.1) is 0 Å². The first-order chi connectivity index (χ1) is 6.51. The van der Waals surface area contributed by atoms with Crippen LogP contribution in [0.1, 0.15) is 19.3 Å². The molecule has 0 aromatic carbocycles. The van der Waals surface area contributed by atoms with Gasteiger partial charge in [0.05, 0.1) is 0 Å². The van der Waals surface area contributed by atoms with Gasteiger partial charge in [0.15, 0.2) is 0 Å². The van der Waals surface area contributed by atoms with Crippen molar-refractivity contribution in [1.82, 2.24) is 4.31 Å². The smallest absolute Gasteiger partial charge is 0.303 e. The fraction of sp³-hybridized carbons (Fsp3) is 0.875. The summed E-state index contributed by atoms with van der Waals surface area (Å²) in [6.45, 7) is 0.839. The molecule has 82 valence electrons. The molecule has 0 aliphatic carbocycles. The van der Waals surface area contributed by atoms with E-state index >= 15 is 0 Å². The van der Waals surface area contributed by atoms with Crippen molar-refractivity contribution in [2.24, 2.45) is 5.92 Å². The lowest BCUT2D eigenvalue weighted by Gasteiger charge is -2.30. The number of aldehydes is 1. The van der Waals surface area contributed by atoms with Crippen molar-refractivity contribution in [3.05, 3.63) is 0 Å². The maximum Gasteiger partial charge on any atom is 0.456 e. The zero-order valence-corrected chi connectivity index (χ0v) is 8.40. The van der Waals surface area contributed by atoms with Crippen LogP contribution >= 0.6 is 11.9 Å². The van der Waals surface area contributed by atoms with Crippen LogP contribution in [0.5, 0.6) is 0 Å². The highest BCUT2D eigenvalue weighted by Crippen LogP contribution is 2.35. The zero-order valence-electron chi connectivity index (χ0n) is 7.59. The fourth-order valence-corrected chi connectivity index (χ4v) is 2.20. The lowest BCUT2D eigenvalue weighted by molar-refractivity contribution is -0.108. The SMILES string of the molecule is O=CCC1CCN(SC(F)(F)F)CC1. The van der Waals surface area contributed by atoms with E-state index in [0.29, 0.717) is 32.4 Å². The molecule has 0 N–H and O–H groups in total. The summed E-state index contributed by atoms with van der Waals surface area (Å²) in [6.07, 6.45) is 2.69. The Morgan fingerprint density at radius 2 is 1.93 bits per heavy atom. The molecule has 0 radical (unpaired) electrons. The van der Waals surface area contributed by atoms with Gasteiger partial charge in [-0.2, -0.15) is 13.2 Å². The summed E-state index contributed by atoms with van der Waals surface area (Å²) >= 11 is -0.0572. The quantitative estimate of drug-likeness (QED) is 0.545. The van der Waals surface area contributed by atoms with Crippen molar-refractivity contribution in [1.29, 1.82) is 0 Å². The molecule has 0 saturated carbocycles. The maximum atomic E-state index is 12.0. The summed E-state index contributed by atoms with van der Waals surface area (Å²) < 4.78 is 37.2. The van der Waals surface area contributed by atoms with Crippen LogP contribution in [0.15, 0.2) is 0 Å². The van der Waals surface area contributed by atoms with E-state index in [1.54, 1.807) is 0 Å². The molecule has 0 aromatic rings. The highest BCUT2D eigenvalue weighted by Gasteiger charge is 2.34. The normalized spacial score (nSPS) is 21.1. The summed E-state index contributed by atoms with van der Waals surface area (Å²) in [6, 6.07) is 0. The van der Waals surface area contributed by atoms with Gasteiger partial charge < -0.3 is 4.79 Å². The van der Waals surface area contributed by atoms with E-state index < -0.39 is 5.51 Å². The molecule has 2 nitrogen and oxygen atoms in total. The molecule has 1 fully saturated rings. The van der Waals surface area contributed by atoms with Crippen LogP contribution in [0.2, 0.25) is 0 Å². The molecule has 0 bridgehead atoms. The molecule has 0 spiro atoms. The first-order valence-corrected chi connectivity index (χ1v) is 5.23. The van der Waals surface area contributed by atoms with Crippen LogP contribution in [0.25, 0.3) is 0 Å². The Balaban J connectivity index is 2.25. The molecule has 1 aliphatic rings. The number of halogens is 3. The number of carbonyl (C=O) groups excluding carboxylic acids is 1. The molecular formula is C8H12F3NOS. The van der Waals surface area contributed by atoms with Crippen LogP contribution in [0.4, 0.5) is 13.2 Å². The molecular weight excluding hydrogens is 215 g/mol. The van der Waals surface area contributed by atoms with Crippen LogP contribution < -0.4 is 0 Å². The van der Waals surface area contributed by atoms with Gasteiger partial charge in [0.25, 0.3) is 0 Å². The van der Waals surface area contributed by atoms with E-state index in [4.69, 9.17) is 0 Å². The number of carbonyl (C=O) groups is 1. The molecule has 1 heterocycles. The molecule has 14 heavy (non-hydrogen) atoms. The Morgan fingerprint density at radius 1 is 1.36 bits per heavy atom. The minimum Gasteiger partial charge on any atom is -0.303 e. The van der Waals surface area contributed by atoms with Crippen LogP contribution in [0.3, 0.4) is 0 Å². The number of hydrogen-bond donors (Lipinski definition) is 0. The predicted molar refractivity (Wildman–Crippen MR) is 48.6 cm³/mol. The Labute approximate surface area is 85.0 Å². The monoisotopic (exact) mass is 227 g/mol. The minimum absolute atomic E-state index is 0.0572. The van der Waals surface area contributed by atoms with Crippen molar-refractivity contribution in [3.8, 4) is 0 Å². The van der Waals surface area contributed by atoms with Gasteiger partial charge in [-0.05, 0) is 18.8 Å². The highest BCUT2D eigenvalue weighted by atomic mass is 32.2. The van der Waals surface area contributed by atoms with Gasteiger partial charge in [0, 0.05) is 31.5 Å². The Kier molecular flexibility index (Phi) is 4.25. The van der Waals surface area contributed by atoms with Gasteiger partial charge in [0.1, 0.15) is 6.29 Å². The van der Waals surface area contributed by atoms with Crippen molar-refractivity contribution in [2.45, 2.75) is 24.8 Å². The summed E-state index contributed by atoms with van der Waals surface area (Å²) in [5, 5.41) is 0. The third-order valence-corrected chi connectivity index (χ3v) is 3.07. The topological polar surface area (TPSA) is 20.3 Å². The Hall–Kier alpha value is -0.230. The second kappa shape index (κ2) is 5.02. The lowest BCUT2D eigenvalue weighted by atomic mass is 9.95. The summed E-state index contributed by atoms with van der Waals surface area (Å²) in [5.74, 6) is 0.276. The van der Waals surface area contributed by atoms with Crippen LogP contribution in [-0.4, -0.2) is 29.2 Å². The third kappa shape index (κ3) is 4.32. The van der Waals surface area contributed by atoms with Gasteiger partial charge in [0.2, 0.25) is 0 Å². The average molecular weight is 227 g/mol. The molecule has 1 rings (SSSR count). The van der Waals surface area contributed by atoms with Crippen molar-refractivity contribution >= 4 is 18.2 Å². The van der Waals surface area contributed by atoms with Gasteiger partial charge in [-0.1, -0.05) is 0 Å². The Morgan fingerprint density at radius 3 is 2.36 bits per heavy atom. The number of rotatable bonds is 3. The standard InChI is InChI=1S/C8H12F3NOS/c9-8(10,11)14-12-4-1-7(2-5-12)3-6-13/h6-7H,1-5H2.